The average molecular weight is 288 g/mol. The van der Waals surface area contributed by atoms with Crippen molar-refractivity contribution in [1.29, 1.82) is 0 Å². The van der Waals surface area contributed by atoms with E-state index in [-0.39, 0.29) is 23.4 Å². The van der Waals surface area contributed by atoms with Gasteiger partial charge in [0.1, 0.15) is 5.82 Å². The van der Waals surface area contributed by atoms with Crippen molar-refractivity contribution in [1.82, 2.24) is 5.32 Å². The first kappa shape index (κ1) is 15.5. The molecule has 1 amide bonds. The van der Waals surface area contributed by atoms with E-state index in [1.54, 1.807) is 6.07 Å². The summed E-state index contributed by atoms with van der Waals surface area (Å²) in [4.78, 5) is 12.1. The number of carbonyl (C=O) groups is 1. The standard InChI is InChI=1S/C17H21FN2O/c1-2-17(8-4-9-17)12-20-16(21)14-7-6-13(5-3-10-19)11-15(14)18/h6-7,11H,2,4,8-10,12,19H2,1H3,(H,20,21). The minimum absolute atomic E-state index is 0.0684. The first-order valence-electron chi connectivity index (χ1n) is 7.37. The zero-order chi connectivity index (χ0) is 15.3. The highest BCUT2D eigenvalue weighted by Crippen LogP contribution is 2.43. The largest absolute Gasteiger partial charge is 0.351 e. The average Bonchev–Trinajstić information content (AvgIpc) is 2.44. The van der Waals surface area contributed by atoms with E-state index in [1.165, 1.54) is 18.6 Å². The van der Waals surface area contributed by atoms with Crippen molar-refractivity contribution >= 4 is 5.91 Å². The van der Waals surface area contributed by atoms with Gasteiger partial charge in [0.2, 0.25) is 0 Å². The second kappa shape index (κ2) is 6.73. The number of rotatable bonds is 4. The molecule has 0 aliphatic heterocycles. The lowest BCUT2D eigenvalue weighted by Gasteiger charge is -2.41. The molecule has 0 aromatic heterocycles. The third-order valence-electron chi connectivity index (χ3n) is 4.34. The lowest BCUT2D eigenvalue weighted by molar-refractivity contribution is 0.0846. The van der Waals surface area contributed by atoms with E-state index in [4.69, 9.17) is 5.73 Å². The van der Waals surface area contributed by atoms with Gasteiger partial charge in [0.05, 0.1) is 12.1 Å². The molecule has 3 N–H and O–H groups in total. The molecular weight excluding hydrogens is 267 g/mol. The molecule has 1 aromatic carbocycles. The van der Waals surface area contributed by atoms with Crippen molar-refractivity contribution in [3.8, 4) is 11.8 Å². The fourth-order valence-corrected chi connectivity index (χ4v) is 2.63. The smallest absolute Gasteiger partial charge is 0.254 e. The second-order valence-electron chi connectivity index (χ2n) is 5.59. The van der Waals surface area contributed by atoms with Gasteiger partial charge in [0, 0.05) is 12.1 Å². The van der Waals surface area contributed by atoms with Crippen LogP contribution in [-0.2, 0) is 0 Å². The van der Waals surface area contributed by atoms with Crippen LogP contribution in [0, 0.1) is 23.1 Å². The minimum atomic E-state index is -0.546. The van der Waals surface area contributed by atoms with Crippen LogP contribution in [0.3, 0.4) is 0 Å². The van der Waals surface area contributed by atoms with Crippen LogP contribution in [0.15, 0.2) is 18.2 Å². The maximum Gasteiger partial charge on any atom is 0.254 e. The highest BCUT2D eigenvalue weighted by atomic mass is 19.1. The van der Waals surface area contributed by atoms with E-state index in [1.807, 2.05) is 0 Å². The van der Waals surface area contributed by atoms with E-state index >= 15 is 0 Å². The summed E-state index contributed by atoms with van der Waals surface area (Å²) in [5.74, 6) is 4.51. The van der Waals surface area contributed by atoms with Crippen LogP contribution >= 0.6 is 0 Å². The molecule has 0 bridgehead atoms. The summed E-state index contributed by atoms with van der Waals surface area (Å²) in [6.07, 6.45) is 4.54. The van der Waals surface area contributed by atoms with Gasteiger partial charge < -0.3 is 11.1 Å². The molecule has 1 aromatic rings. The summed E-state index contributed by atoms with van der Waals surface area (Å²) >= 11 is 0. The van der Waals surface area contributed by atoms with Gasteiger partial charge in [-0.2, -0.15) is 0 Å². The topological polar surface area (TPSA) is 55.1 Å². The van der Waals surface area contributed by atoms with Crippen molar-refractivity contribution in [2.45, 2.75) is 32.6 Å². The van der Waals surface area contributed by atoms with Crippen LogP contribution in [0.5, 0.6) is 0 Å². The highest BCUT2D eigenvalue weighted by Gasteiger charge is 2.35. The van der Waals surface area contributed by atoms with Gasteiger partial charge in [-0.3, -0.25) is 4.79 Å². The number of halogens is 1. The van der Waals surface area contributed by atoms with Crippen LogP contribution in [0.4, 0.5) is 4.39 Å². The Morgan fingerprint density at radius 3 is 2.76 bits per heavy atom. The highest BCUT2D eigenvalue weighted by molar-refractivity contribution is 5.94. The molecule has 0 radical (unpaired) electrons. The second-order valence-corrected chi connectivity index (χ2v) is 5.59. The van der Waals surface area contributed by atoms with Crippen molar-refractivity contribution < 1.29 is 9.18 Å². The van der Waals surface area contributed by atoms with E-state index in [2.05, 4.69) is 24.1 Å². The van der Waals surface area contributed by atoms with Gasteiger partial charge in [-0.1, -0.05) is 25.2 Å². The molecule has 112 valence electrons. The number of nitrogens with two attached hydrogens (primary N) is 1. The Balaban J connectivity index is 2.02. The Morgan fingerprint density at radius 2 is 2.24 bits per heavy atom. The molecule has 0 atom stereocenters. The lowest BCUT2D eigenvalue weighted by Crippen LogP contribution is -2.41. The first-order valence-corrected chi connectivity index (χ1v) is 7.37. The maximum absolute atomic E-state index is 14.0. The summed E-state index contributed by atoms with van der Waals surface area (Å²) in [6, 6.07) is 4.39. The van der Waals surface area contributed by atoms with Crippen LogP contribution in [0.2, 0.25) is 0 Å². The van der Waals surface area contributed by atoms with Crippen molar-refractivity contribution in [3.05, 3.63) is 35.1 Å². The molecule has 1 aliphatic carbocycles. The number of benzene rings is 1. The van der Waals surface area contributed by atoms with Crippen LogP contribution in [0.25, 0.3) is 0 Å². The van der Waals surface area contributed by atoms with Gasteiger partial charge >= 0.3 is 0 Å². The summed E-state index contributed by atoms with van der Waals surface area (Å²) < 4.78 is 14.0. The summed E-state index contributed by atoms with van der Waals surface area (Å²) in [6.45, 7) is 2.98. The van der Waals surface area contributed by atoms with Gasteiger partial charge in [0.15, 0.2) is 0 Å². The van der Waals surface area contributed by atoms with Gasteiger partial charge in [-0.25, -0.2) is 4.39 Å². The van der Waals surface area contributed by atoms with Crippen molar-refractivity contribution in [2.75, 3.05) is 13.1 Å². The summed E-state index contributed by atoms with van der Waals surface area (Å²) in [5, 5.41) is 2.86. The Morgan fingerprint density at radius 1 is 1.48 bits per heavy atom. The summed E-state index contributed by atoms with van der Waals surface area (Å²) in [7, 11) is 0. The zero-order valence-electron chi connectivity index (χ0n) is 12.3. The summed E-state index contributed by atoms with van der Waals surface area (Å²) in [5.41, 5.74) is 6.09. The number of hydrogen-bond donors (Lipinski definition) is 2. The van der Waals surface area contributed by atoms with Crippen LogP contribution in [-0.4, -0.2) is 19.0 Å². The molecule has 3 nitrogen and oxygen atoms in total. The number of nitrogens with one attached hydrogen (secondary N) is 1. The lowest BCUT2D eigenvalue weighted by atomic mass is 9.67. The molecule has 1 saturated carbocycles. The van der Waals surface area contributed by atoms with Gasteiger partial charge in [0.25, 0.3) is 5.91 Å². The Bertz CT molecular complexity index is 577. The van der Waals surface area contributed by atoms with E-state index in [9.17, 15) is 9.18 Å². The van der Waals surface area contributed by atoms with Crippen LogP contribution in [0.1, 0.15) is 48.5 Å². The molecule has 0 heterocycles. The van der Waals surface area contributed by atoms with Gasteiger partial charge in [-0.05, 0) is 42.9 Å². The van der Waals surface area contributed by atoms with Crippen LogP contribution < -0.4 is 11.1 Å². The molecule has 1 aliphatic rings. The molecule has 0 saturated heterocycles. The van der Waals surface area contributed by atoms with Crippen molar-refractivity contribution in [3.63, 3.8) is 0 Å². The molecule has 0 unspecified atom stereocenters. The van der Waals surface area contributed by atoms with E-state index in [0.29, 0.717) is 12.1 Å². The fraction of sp³-hybridized carbons (Fsp3) is 0.471. The third kappa shape index (κ3) is 3.62. The Kier molecular flexibility index (Phi) is 4.98. The molecule has 0 spiro atoms. The quantitative estimate of drug-likeness (QED) is 0.836. The van der Waals surface area contributed by atoms with Crippen molar-refractivity contribution in [2.24, 2.45) is 11.1 Å². The SMILES string of the molecule is CCC1(CNC(=O)c2ccc(C#CCN)cc2F)CCC1. The minimum Gasteiger partial charge on any atom is -0.351 e. The van der Waals surface area contributed by atoms with E-state index < -0.39 is 5.82 Å². The number of hydrogen-bond acceptors (Lipinski definition) is 2. The number of carbonyl (C=O) groups excluding carboxylic acids is 1. The maximum atomic E-state index is 14.0. The molecular formula is C17H21FN2O. The van der Waals surface area contributed by atoms with E-state index in [0.717, 1.165) is 19.3 Å². The Labute approximate surface area is 125 Å². The zero-order valence-corrected chi connectivity index (χ0v) is 12.3. The molecule has 21 heavy (non-hydrogen) atoms. The predicted molar refractivity (Wildman–Crippen MR) is 81.2 cm³/mol. The molecule has 1 fully saturated rings. The van der Waals surface area contributed by atoms with Gasteiger partial charge in [-0.15, -0.1) is 0 Å². The molecule has 4 heteroatoms. The fourth-order valence-electron chi connectivity index (χ4n) is 2.63. The monoisotopic (exact) mass is 288 g/mol. The molecule has 2 rings (SSSR count). The number of amides is 1. The predicted octanol–water partition coefficient (Wildman–Crippen LogP) is 2.45. The first-order chi connectivity index (χ1) is 10.1. The third-order valence-corrected chi connectivity index (χ3v) is 4.34. The normalized spacial score (nSPS) is 15.6. The Hall–Kier alpha value is -1.86.